The van der Waals surface area contributed by atoms with Gasteiger partial charge in [-0.15, -0.1) is 0 Å². The van der Waals surface area contributed by atoms with Gasteiger partial charge in [-0.25, -0.2) is 0 Å². The van der Waals surface area contributed by atoms with Crippen molar-refractivity contribution in [1.29, 1.82) is 0 Å². The highest BCUT2D eigenvalue weighted by Crippen LogP contribution is 2.49. The molecule has 0 saturated carbocycles. The molecule has 5 aromatic carbocycles. The maximum atomic E-state index is 4.47. The molecule has 3 aliphatic heterocycles. The van der Waals surface area contributed by atoms with E-state index in [1.807, 2.05) is 35.8 Å². The first-order valence-corrected chi connectivity index (χ1v) is 16.6. The normalized spacial score (nSPS) is 17.7. The van der Waals surface area contributed by atoms with Crippen LogP contribution in [0.4, 0.5) is 17.1 Å². The second-order valence-corrected chi connectivity index (χ2v) is 13.7. The Labute approximate surface area is 265 Å². The van der Waals surface area contributed by atoms with Crippen molar-refractivity contribution in [1.82, 2.24) is 4.98 Å². The number of hydrogen-bond donors (Lipinski definition) is 3. The van der Waals surface area contributed by atoms with Crippen LogP contribution >= 0.6 is 23.5 Å². The van der Waals surface area contributed by atoms with Gasteiger partial charge >= 0.3 is 0 Å². The lowest BCUT2D eigenvalue weighted by atomic mass is 9.98. The first-order chi connectivity index (χ1) is 21.7. The zero-order valence-corrected chi connectivity index (χ0v) is 25.4. The molecule has 6 aromatic rings. The Balaban J connectivity index is 0.951. The predicted molar refractivity (Wildman–Crippen MR) is 187 cm³/mol. The third kappa shape index (κ3) is 4.62. The van der Waals surface area contributed by atoms with Gasteiger partial charge in [-0.1, -0.05) is 84.2 Å². The van der Waals surface area contributed by atoms with E-state index < -0.39 is 0 Å². The molecule has 0 bridgehead atoms. The van der Waals surface area contributed by atoms with Gasteiger partial charge in [0.25, 0.3) is 0 Å². The van der Waals surface area contributed by atoms with E-state index in [-0.39, 0.29) is 10.7 Å². The van der Waals surface area contributed by atoms with Gasteiger partial charge in [0.1, 0.15) is 10.7 Å². The monoisotopic (exact) mass is 604 g/mol. The van der Waals surface area contributed by atoms with E-state index in [1.165, 1.54) is 71.2 Å². The van der Waals surface area contributed by atoms with E-state index in [0.29, 0.717) is 0 Å². The molecule has 1 aromatic heterocycles. The van der Waals surface area contributed by atoms with Crippen LogP contribution in [0.5, 0.6) is 0 Å². The van der Waals surface area contributed by atoms with Crippen LogP contribution in [0.25, 0.3) is 39.2 Å². The summed E-state index contributed by atoms with van der Waals surface area (Å²) >= 11 is 3.76. The average molecular weight is 605 g/mol. The summed E-state index contributed by atoms with van der Waals surface area (Å²) in [5.74, 6) is 0. The Morgan fingerprint density at radius 3 is 2.02 bits per heavy atom. The summed E-state index contributed by atoms with van der Waals surface area (Å²) in [6, 6.07) is 39.9. The van der Waals surface area contributed by atoms with Crippen molar-refractivity contribution in [2.75, 3.05) is 22.5 Å². The third-order valence-corrected chi connectivity index (χ3v) is 11.0. The van der Waals surface area contributed by atoms with Crippen molar-refractivity contribution >= 4 is 57.6 Å². The van der Waals surface area contributed by atoms with E-state index >= 15 is 0 Å². The molecule has 212 valence electrons. The van der Waals surface area contributed by atoms with Gasteiger partial charge < -0.3 is 16.0 Å². The quantitative estimate of drug-likeness (QED) is 0.186. The number of nitrogens with one attached hydrogen (secondary N) is 3. The van der Waals surface area contributed by atoms with Crippen molar-refractivity contribution in [2.45, 2.75) is 20.5 Å². The lowest BCUT2D eigenvalue weighted by molar-refractivity contribution is 1.13. The molecular weight excluding hydrogens is 577 g/mol. The minimum absolute atomic E-state index is 0.186. The van der Waals surface area contributed by atoms with Crippen LogP contribution < -0.4 is 16.0 Å². The van der Waals surface area contributed by atoms with Crippen molar-refractivity contribution in [2.24, 2.45) is 0 Å². The maximum absolute atomic E-state index is 4.47. The predicted octanol–water partition coefficient (Wildman–Crippen LogP) is 10.4. The lowest BCUT2D eigenvalue weighted by Gasteiger charge is -2.17. The number of pyridine rings is 1. The molecule has 0 aliphatic carbocycles. The third-order valence-electron chi connectivity index (χ3n) is 8.57. The number of rotatable bonds is 4. The zero-order valence-electron chi connectivity index (χ0n) is 23.7. The number of anilines is 3. The number of thioether (sulfide) groups is 2. The minimum atomic E-state index is 0.186. The lowest BCUT2D eigenvalue weighted by Crippen LogP contribution is -2.06. The molecule has 3 aliphatic rings. The Morgan fingerprint density at radius 2 is 1.27 bits per heavy atom. The summed E-state index contributed by atoms with van der Waals surface area (Å²) in [7, 11) is 0. The van der Waals surface area contributed by atoms with Crippen LogP contribution in [0.15, 0.2) is 131 Å². The van der Waals surface area contributed by atoms with Gasteiger partial charge in [-0.2, -0.15) is 0 Å². The molecule has 4 nitrogen and oxygen atoms in total. The van der Waals surface area contributed by atoms with Gasteiger partial charge in [-0.3, -0.25) is 4.98 Å². The molecule has 0 fully saturated rings. The van der Waals surface area contributed by atoms with Gasteiger partial charge in [0.2, 0.25) is 0 Å². The highest BCUT2D eigenvalue weighted by atomic mass is 32.2. The summed E-state index contributed by atoms with van der Waals surface area (Å²) in [4.78, 5) is 7.05. The maximum Gasteiger partial charge on any atom is 0.103 e. The highest BCUT2D eigenvalue weighted by molar-refractivity contribution is 8.00. The van der Waals surface area contributed by atoms with Crippen LogP contribution in [0.1, 0.15) is 27.4 Å². The number of aromatic nitrogens is 1. The molecule has 0 radical (unpaired) electrons. The molecule has 9 rings (SSSR count). The van der Waals surface area contributed by atoms with Crippen molar-refractivity contribution in [3.8, 4) is 22.3 Å². The fourth-order valence-corrected chi connectivity index (χ4v) is 8.51. The second-order valence-electron chi connectivity index (χ2n) is 11.4. The van der Waals surface area contributed by atoms with Crippen LogP contribution in [0.3, 0.4) is 0 Å². The number of nitrogens with zero attached hydrogens (tertiary/aromatic N) is 1. The Hall–Kier alpha value is -4.65. The summed E-state index contributed by atoms with van der Waals surface area (Å²) < 4.78 is 0. The first-order valence-electron chi connectivity index (χ1n) is 14.9. The van der Waals surface area contributed by atoms with E-state index in [1.54, 1.807) is 0 Å². The fourth-order valence-electron chi connectivity index (χ4n) is 6.28. The fraction of sp³-hybridized carbons (Fsp3) is 0.0789. The molecule has 0 spiro atoms. The minimum Gasteiger partial charge on any atom is -0.381 e. The van der Waals surface area contributed by atoms with Gasteiger partial charge in [0, 0.05) is 45.0 Å². The van der Waals surface area contributed by atoms with Gasteiger partial charge in [-0.05, 0) is 99.6 Å². The summed E-state index contributed by atoms with van der Waals surface area (Å²) in [5.41, 5.74) is 13.3. The summed E-state index contributed by atoms with van der Waals surface area (Å²) in [6.45, 7) is 0.894. The molecule has 3 N–H and O–H groups in total. The van der Waals surface area contributed by atoms with E-state index in [0.717, 1.165) is 12.1 Å². The van der Waals surface area contributed by atoms with Crippen molar-refractivity contribution < 1.29 is 0 Å². The van der Waals surface area contributed by atoms with Crippen LogP contribution in [-0.2, 0) is 0 Å². The number of fused-ring (bicyclic) bond motifs is 4. The largest absolute Gasteiger partial charge is 0.381 e. The molecule has 0 saturated heterocycles. The van der Waals surface area contributed by atoms with E-state index in [2.05, 4.69) is 136 Å². The van der Waals surface area contributed by atoms with E-state index in [9.17, 15) is 0 Å². The average Bonchev–Trinajstić information content (AvgIpc) is 3.72. The second kappa shape index (κ2) is 10.5. The smallest absolute Gasteiger partial charge is 0.103 e. The van der Waals surface area contributed by atoms with E-state index in [4.69, 9.17) is 0 Å². The molecular formula is C38H28N4S2. The van der Waals surface area contributed by atoms with Gasteiger partial charge in [0.05, 0.1) is 5.52 Å². The standard InChI is InChI=1S/C38H28N4S2/c1-4-23(25-10-14-35-33(21-25)41-37(43-35)29-8-12-31-27(19-29)6-2-16-39-31)18-24(5-1)26-11-15-36-34(22-26)42-38(44-36)30-9-13-32-28(20-30)7-3-17-40-32/h1-16,18-22,37-38,40-42H,17H2. The molecule has 4 heterocycles. The van der Waals surface area contributed by atoms with Crippen LogP contribution in [0, 0.1) is 0 Å². The number of hydrogen-bond acceptors (Lipinski definition) is 6. The zero-order chi connectivity index (χ0) is 29.0. The van der Waals surface area contributed by atoms with Crippen LogP contribution in [-0.4, -0.2) is 11.5 Å². The number of benzene rings is 5. The topological polar surface area (TPSA) is 49.0 Å². The molecule has 2 unspecified atom stereocenters. The van der Waals surface area contributed by atoms with Crippen molar-refractivity contribution in [3.63, 3.8) is 0 Å². The molecule has 6 heteroatoms. The first kappa shape index (κ1) is 25.8. The Kier molecular flexibility index (Phi) is 6.17. The van der Waals surface area contributed by atoms with Gasteiger partial charge in [0.15, 0.2) is 0 Å². The Bertz CT molecular complexity index is 2120. The Morgan fingerprint density at radius 1 is 0.591 bits per heavy atom. The highest BCUT2D eigenvalue weighted by Gasteiger charge is 2.25. The van der Waals surface area contributed by atoms with Crippen molar-refractivity contribution in [3.05, 3.63) is 138 Å². The SMILES string of the molecule is C1=Cc2cc(C3Nc4cc(-c5cccc(-c6ccc7c(c6)NC(c6ccc8ncccc8c6)S7)c5)ccc4S3)ccc2NC1. The summed E-state index contributed by atoms with van der Waals surface area (Å²) in [5, 5.41) is 12.5. The summed E-state index contributed by atoms with van der Waals surface area (Å²) in [6.07, 6.45) is 6.24. The molecule has 44 heavy (non-hydrogen) atoms. The molecule has 0 amide bonds. The van der Waals surface area contributed by atoms with Crippen LogP contribution in [0.2, 0.25) is 0 Å². The molecule has 2 atom stereocenters.